The number of likely N-dealkylation sites (tertiary alicyclic amines) is 1. The topological polar surface area (TPSA) is 15.3 Å². The summed E-state index contributed by atoms with van der Waals surface area (Å²) in [6.45, 7) is 23.0. The molecule has 0 saturated carbocycles. The Kier molecular flexibility index (Phi) is 9.12. The Morgan fingerprint density at radius 1 is 1.03 bits per heavy atom. The standard InChI is InChI=1S/C34H48N2/c1-24(2)21-28-8-10-29(11-9-28)23-36-19-17-31(18-20-36)32-15-16-34(25(3)4)33(22-32)14-13-30-12-7-26(5)35-27(30)6/h8,10,15-16,22,24,30-31,35H,3,5-7,9,11-14,17-21,23H2,1-2,4H3. The van der Waals surface area contributed by atoms with Gasteiger partial charge >= 0.3 is 0 Å². The second kappa shape index (κ2) is 12.3. The fraction of sp³-hybridized carbons (Fsp3) is 0.529. The Morgan fingerprint density at radius 3 is 2.39 bits per heavy atom. The average molecular weight is 485 g/mol. The van der Waals surface area contributed by atoms with E-state index in [4.69, 9.17) is 0 Å². The number of rotatable bonds is 9. The van der Waals surface area contributed by atoms with Crippen molar-refractivity contribution in [3.05, 3.63) is 89.3 Å². The van der Waals surface area contributed by atoms with Gasteiger partial charge in [-0.2, -0.15) is 0 Å². The molecule has 3 aliphatic rings. The zero-order valence-corrected chi connectivity index (χ0v) is 23.2. The third-order valence-corrected chi connectivity index (χ3v) is 8.45. The first-order chi connectivity index (χ1) is 17.3. The van der Waals surface area contributed by atoms with Crippen molar-refractivity contribution < 1.29 is 0 Å². The van der Waals surface area contributed by atoms with Crippen molar-refractivity contribution in [1.82, 2.24) is 10.2 Å². The van der Waals surface area contributed by atoms with Crippen molar-refractivity contribution in [2.24, 2.45) is 11.8 Å². The van der Waals surface area contributed by atoms with E-state index in [1.807, 2.05) is 0 Å². The molecule has 36 heavy (non-hydrogen) atoms. The minimum absolute atomic E-state index is 0.533. The molecule has 0 aromatic heterocycles. The Hall–Kier alpha value is -2.32. The molecule has 2 heteroatoms. The van der Waals surface area contributed by atoms with Gasteiger partial charge < -0.3 is 5.32 Å². The maximum Gasteiger partial charge on any atom is 0.0196 e. The molecule has 2 heterocycles. The third-order valence-electron chi connectivity index (χ3n) is 8.45. The second-order valence-electron chi connectivity index (χ2n) is 12.0. The molecule has 194 valence electrons. The van der Waals surface area contributed by atoms with E-state index in [0.717, 1.165) is 49.5 Å². The summed E-state index contributed by atoms with van der Waals surface area (Å²) in [5.74, 6) is 1.97. The van der Waals surface area contributed by atoms with Crippen molar-refractivity contribution >= 4 is 5.57 Å². The minimum Gasteiger partial charge on any atom is -0.363 e. The Labute approximate surface area is 220 Å². The number of aryl methyl sites for hydroxylation is 1. The zero-order chi connectivity index (χ0) is 25.7. The van der Waals surface area contributed by atoms with Gasteiger partial charge in [0, 0.05) is 17.9 Å². The molecule has 0 spiro atoms. The number of benzene rings is 1. The highest BCUT2D eigenvalue weighted by molar-refractivity contribution is 5.65. The van der Waals surface area contributed by atoms with Crippen molar-refractivity contribution in [2.45, 2.75) is 84.5 Å². The van der Waals surface area contributed by atoms with E-state index in [0.29, 0.717) is 11.8 Å². The molecule has 2 aliphatic heterocycles. The van der Waals surface area contributed by atoms with Crippen molar-refractivity contribution in [3.8, 4) is 0 Å². The summed E-state index contributed by atoms with van der Waals surface area (Å²) in [4.78, 5) is 2.68. The monoisotopic (exact) mass is 484 g/mol. The van der Waals surface area contributed by atoms with Gasteiger partial charge in [0.2, 0.25) is 0 Å². The number of nitrogens with one attached hydrogen (secondary N) is 1. The molecule has 2 nitrogen and oxygen atoms in total. The molecule has 1 unspecified atom stereocenters. The van der Waals surface area contributed by atoms with Gasteiger partial charge in [0.05, 0.1) is 0 Å². The van der Waals surface area contributed by atoms with E-state index in [1.165, 1.54) is 67.5 Å². The van der Waals surface area contributed by atoms with Gasteiger partial charge in [-0.15, -0.1) is 0 Å². The van der Waals surface area contributed by atoms with Crippen LogP contribution >= 0.6 is 0 Å². The molecule has 1 aromatic carbocycles. The Bertz CT molecular complexity index is 1030. The van der Waals surface area contributed by atoms with Crippen LogP contribution < -0.4 is 5.32 Å². The zero-order valence-electron chi connectivity index (χ0n) is 23.2. The van der Waals surface area contributed by atoms with Crippen LogP contribution in [0.2, 0.25) is 0 Å². The molecule has 4 rings (SSSR count). The smallest absolute Gasteiger partial charge is 0.0196 e. The normalized spacial score (nSPS) is 21.8. The maximum atomic E-state index is 4.27. The lowest BCUT2D eigenvalue weighted by molar-refractivity contribution is 0.226. The van der Waals surface area contributed by atoms with E-state index in [2.05, 4.69) is 81.1 Å². The summed E-state index contributed by atoms with van der Waals surface area (Å²) < 4.78 is 0. The van der Waals surface area contributed by atoms with Crippen LogP contribution in [0.25, 0.3) is 5.57 Å². The minimum atomic E-state index is 0.533. The van der Waals surface area contributed by atoms with Gasteiger partial charge in [0.25, 0.3) is 0 Å². The molecule has 0 bridgehead atoms. The largest absolute Gasteiger partial charge is 0.363 e. The van der Waals surface area contributed by atoms with E-state index in [-0.39, 0.29) is 0 Å². The molecule has 0 radical (unpaired) electrons. The predicted octanol–water partition coefficient (Wildman–Crippen LogP) is 8.55. The van der Waals surface area contributed by atoms with Crippen molar-refractivity contribution in [2.75, 3.05) is 19.6 Å². The first-order valence-corrected chi connectivity index (χ1v) is 14.3. The van der Waals surface area contributed by atoms with Gasteiger partial charge in [-0.05, 0) is 112 Å². The number of piperidine rings is 2. The fourth-order valence-electron chi connectivity index (χ4n) is 6.31. The van der Waals surface area contributed by atoms with Crippen LogP contribution in [-0.2, 0) is 6.42 Å². The van der Waals surface area contributed by atoms with E-state index in [1.54, 1.807) is 11.1 Å². The van der Waals surface area contributed by atoms with Crippen LogP contribution in [0.5, 0.6) is 0 Å². The highest BCUT2D eigenvalue weighted by atomic mass is 15.1. The van der Waals surface area contributed by atoms with E-state index < -0.39 is 0 Å². The van der Waals surface area contributed by atoms with Gasteiger partial charge in [0.1, 0.15) is 0 Å². The third kappa shape index (κ3) is 7.13. The molecule has 0 amide bonds. The molecule has 1 atom stereocenters. The average Bonchev–Trinajstić information content (AvgIpc) is 2.84. The highest BCUT2D eigenvalue weighted by Crippen LogP contribution is 2.34. The predicted molar refractivity (Wildman–Crippen MR) is 157 cm³/mol. The molecular weight excluding hydrogens is 436 g/mol. The summed E-state index contributed by atoms with van der Waals surface area (Å²) in [6.07, 6.45) is 15.6. The summed E-state index contributed by atoms with van der Waals surface area (Å²) in [7, 11) is 0. The van der Waals surface area contributed by atoms with Gasteiger partial charge in [-0.25, -0.2) is 0 Å². The lowest BCUT2D eigenvalue weighted by atomic mass is 9.84. The summed E-state index contributed by atoms with van der Waals surface area (Å²) in [5.41, 5.74) is 11.0. The van der Waals surface area contributed by atoms with Crippen LogP contribution in [0, 0.1) is 11.8 Å². The van der Waals surface area contributed by atoms with Gasteiger partial charge in [-0.3, -0.25) is 4.90 Å². The molecule has 2 fully saturated rings. The summed E-state index contributed by atoms with van der Waals surface area (Å²) in [6, 6.07) is 7.22. The lowest BCUT2D eigenvalue weighted by Crippen LogP contribution is -2.34. The maximum absolute atomic E-state index is 4.27. The molecule has 1 N–H and O–H groups in total. The first-order valence-electron chi connectivity index (χ1n) is 14.3. The van der Waals surface area contributed by atoms with Gasteiger partial charge in [0.15, 0.2) is 0 Å². The van der Waals surface area contributed by atoms with E-state index >= 15 is 0 Å². The van der Waals surface area contributed by atoms with Crippen LogP contribution in [0.1, 0.15) is 94.7 Å². The SMILES string of the molecule is C=C1CCC(CCc2cc(C3CCN(CC4=CC=C(CC(C)C)CC4)CC3)ccc2C(=C)C)C(=C)N1. The summed E-state index contributed by atoms with van der Waals surface area (Å²) >= 11 is 0. The van der Waals surface area contributed by atoms with Crippen LogP contribution in [0.4, 0.5) is 0 Å². The van der Waals surface area contributed by atoms with Gasteiger partial charge in [-0.1, -0.05) is 80.7 Å². The first kappa shape index (κ1) is 26.7. The lowest BCUT2D eigenvalue weighted by Gasteiger charge is -2.33. The molecular formula is C34H48N2. The van der Waals surface area contributed by atoms with Crippen LogP contribution in [0.15, 0.2) is 72.6 Å². The molecule has 1 aliphatic carbocycles. The van der Waals surface area contributed by atoms with Crippen molar-refractivity contribution in [3.63, 3.8) is 0 Å². The number of nitrogens with zero attached hydrogens (tertiary/aromatic N) is 1. The fourth-order valence-corrected chi connectivity index (χ4v) is 6.31. The second-order valence-corrected chi connectivity index (χ2v) is 12.0. The van der Waals surface area contributed by atoms with Crippen LogP contribution in [-0.4, -0.2) is 24.5 Å². The molecule has 1 aromatic rings. The number of hydrogen-bond donors (Lipinski definition) is 1. The van der Waals surface area contributed by atoms with Crippen molar-refractivity contribution in [1.29, 1.82) is 0 Å². The Morgan fingerprint density at radius 2 is 1.75 bits per heavy atom. The number of hydrogen-bond acceptors (Lipinski definition) is 2. The van der Waals surface area contributed by atoms with E-state index in [9.17, 15) is 0 Å². The molecule has 2 saturated heterocycles. The van der Waals surface area contributed by atoms with Crippen LogP contribution in [0.3, 0.4) is 0 Å². The quantitative estimate of drug-likeness (QED) is 0.378. The summed E-state index contributed by atoms with van der Waals surface area (Å²) in [5, 5.41) is 3.39. The Balaban J connectivity index is 1.34. The number of allylic oxidation sites excluding steroid dienone is 6. The highest BCUT2D eigenvalue weighted by Gasteiger charge is 2.23.